The molecule has 1 amide bonds. The van der Waals surface area contributed by atoms with Gasteiger partial charge in [-0.1, -0.05) is 35.5 Å². The van der Waals surface area contributed by atoms with Crippen LogP contribution in [0.4, 0.5) is 5.69 Å². The Morgan fingerprint density at radius 3 is 2.77 bits per heavy atom. The predicted octanol–water partition coefficient (Wildman–Crippen LogP) is 0.671. The summed E-state index contributed by atoms with van der Waals surface area (Å²) >= 11 is 0. The van der Waals surface area contributed by atoms with Gasteiger partial charge in [0, 0.05) is 26.7 Å². The van der Waals surface area contributed by atoms with E-state index in [4.69, 9.17) is 4.52 Å². The first-order valence-electron chi connectivity index (χ1n) is 7.93. The van der Waals surface area contributed by atoms with Gasteiger partial charge >= 0.3 is 0 Å². The summed E-state index contributed by atoms with van der Waals surface area (Å²) in [6.07, 6.45) is 1.60. The minimum atomic E-state index is -0.460. The van der Waals surface area contributed by atoms with Crippen molar-refractivity contribution < 1.29 is 9.32 Å². The van der Waals surface area contributed by atoms with Crippen LogP contribution in [0, 0.1) is 0 Å². The maximum Gasteiger partial charge on any atom is 0.292 e. The fraction of sp³-hybridized carbons (Fsp3) is 0.235. The summed E-state index contributed by atoms with van der Waals surface area (Å²) in [5.74, 6) is -0.420. The van der Waals surface area contributed by atoms with Crippen LogP contribution in [0.2, 0.25) is 0 Å². The second-order valence-corrected chi connectivity index (χ2v) is 5.64. The van der Waals surface area contributed by atoms with Crippen LogP contribution < -0.4 is 15.8 Å². The topological polar surface area (TPSA) is 106 Å². The standard InChI is InChI=1S/C17H18N6O3/c1-18-17(25)16-20-14(26-21-16)11-23-15(24)8-13(9-19-23)22(2)10-12-6-4-3-5-7-12/h3-9H,10-11H2,1-2H3,(H,18,25). The molecule has 3 aromatic rings. The average Bonchev–Trinajstić information content (AvgIpc) is 3.12. The summed E-state index contributed by atoms with van der Waals surface area (Å²) in [6, 6.07) is 11.4. The van der Waals surface area contributed by atoms with Crippen LogP contribution in [0.15, 0.2) is 51.9 Å². The number of hydrogen-bond acceptors (Lipinski definition) is 7. The molecule has 0 aliphatic rings. The molecule has 0 radical (unpaired) electrons. The van der Waals surface area contributed by atoms with Crippen LogP contribution in [0.3, 0.4) is 0 Å². The van der Waals surface area contributed by atoms with Crippen LogP contribution in [0.1, 0.15) is 22.1 Å². The van der Waals surface area contributed by atoms with Gasteiger partial charge in [0.15, 0.2) is 0 Å². The molecule has 0 atom stereocenters. The zero-order valence-electron chi connectivity index (χ0n) is 14.4. The highest BCUT2D eigenvalue weighted by atomic mass is 16.5. The Morgan fingerprint density at radius 2 is 2.08 bits per heavy atom. The lowest BCUT2D eigenvalue weighted by atomic mass is 10.2. The fourth-order valence-corrected chi connectivity index (χ4v) is 2.35. The number of nitrogens with zero attached hydrogens (tertiary/aromatic N) is 5. The maximum absolute atomic E-state index is 12.3. The molecule has 0 saturated heterocycles. The lowest BCUT2D eigenvalue weighted by Crippen LogP contribution is -2.26. The SMILES string of the molecule is CNC(=O)c1noc(Cn2ncc(N(C)Cc3ccccc3)cc2=O)n1. The first-order valence-corrected chi connectivity index (χ1v) is 7.93. The number of benzene rings is 1. The van der Waals surface area contributed by atoms with E-state index in [9.17, 15) is 9.59 Å². The Bertz CT molecular complexity index is 950. The molecule has 0 aliphatic carbocycles. The van der Waals surface area contributed by atoms with Gasteiger partial charge in [0.1, 0.15) is 6.54 Å². The first-order chi connectivity index (χ1) is 12.6. The highest BCUT2D eigenvalue weighted by Gasteiger charge is 2.14. The van der Waals surface area contributed by atoms with Crippen molar-refractivity contribution in [3.8, 4) is 0 Å². The van der Waals surface area contributed by atoms with E-state index >= 15 is 0 Å². The van der Waals surface area contributed by atoms with Crippen LogP contribution in [0.25, 0.3) is 0 Å². The second kappa shape index (κ2) is 7.60. The molecule has 2 heterocycles. The minimum absolute atomic E-state index is 0.00843. The third-order valence-electron chi connectivity index (χ3n) is 3.74. The van der Waals surface area contributed by atoms with Crippen molar-refractivity contribution in [1.82, 2.24) is 25.2 Å². The highest BCUT2D eigenvalue weighted by Crippen LogP contribution is 2.12. The van der Waals surface area contributed by atoms with Gasteiger partial charge in [-0.25, -0.2) is 4.68 Å². The van der Waals surface area contributed by atoms with Crippen molar-refractivity contribution in [2.75, 3.05) is 19.0 Å². The molecule has 2 aromatic heterocycles. The van der Waals surface area contributed by atoms with Crippen molar-refractivity contribution in [3.63, 3.8) is 0 Å². The molecule has 1 aromatic carbocycles. The summed E-state index contributed by atoms with van der Waals surface area (Å²) in [6.45, 7) is 0.649. The molecule has 9 nitrogen and oxygen atoms in total. The number of carbonyl (C=O) groups is 1. The van der Waals surface area contributed by atoms with Crippen molar-refractivity contribution in [2.24, 2.45) is 0 Å². The molecule has 3 rings (SSSR count). The first kappa shape index (κ1) is 17.3. The Hall–Kier alpha value is -3.49. The lowest BCUT2D eigenvalue weighted by molar-refractivity contribution is 0.0950. The van der Waals surface area contributed by atoms with Crippen LogP contribution >= 0.6 is 0 Å². The molecule has 26 heavy (non-hydrogen) atoms. The van der Waals surface area contributed by atoms with E-state index in [0.29, 0.717) is 12.2 Å². The highest BCUT2D eigenvalue weighted by molar-refractivity contribution is 5.89. The van der Waals surface area contributed by atoms with Crippen molar-refractivity contribution in [1.29, 1.82) is 0 Å². The average molecular weight is 354 g/mol. The van der Waals surface area contributed by atoms with Crippen molar-refractivity contribution >= 4 is 11.6 Å². The van der Waals surface area contributed by atoms with E-state index < -0.39 is 5.91 Å². The smallest absolute Gasteiger partial charge is 0.292 e. The van der Waals surface area contributed by atoms with Crippen LogP contribution in [0.5, 0.6) is 0 Å². The van der Waals surface area contributed by atoms with E-state index in [1.807, 2.05) is 42.3 Å². The van der Waals surface area contributed by atoms with E-state index in [1.165, 1.54) is 17.8 Å². The summed E-state index contributed by atoms with van der Waals surface area (Å²) in [5.41, 5.74) is 1.53. The number of carbonyl (C=O) groups excluding carboxylic acids is 1. The van der Waals surface area contributed by atoms with Gasteiger partial charge in [0.25, 0.3) is 17.3 Å². The Morgan fingerprint density at radius 1 is 1.31 bits per heavy atom. The molecule has 1 N–H and O–H groups in total. The summed E-state index contributed by atoms with van der Waals surface area (Å²) in [4.78, 5) is 29.6. The molecule has 0 spiro atoms. The van der Waals surface area contributed by atoms with E-state index in [2.05, 4.69) is 20.6 Å². The summed E-state index contributed by atoms with van der Waals surface area (Å²) in [7, 11) is 3.36. The number of nitrogens with one attached hydrogen (secondary N) is 1. The van der Waals surface area contributed by atoms with E-state index in [-0.39, 0.29) is 23.8 Å². The molecular formula is C17H18N6O3. The van der Waals surface area contributed by atoms with Gasteiger partial charge in [-0.3, -0.25) is 9.59 Å². The third kappa shape index (κ3) is 3.94. The zero-order valence-corrected chi connectivity index (χ0v) is 14.4. The zero-order chi connectivity index (χ0) is 18.5. The predicted molar refractivity (Wildman–Crippen MR) is 93.8 cm³/mol. The molecule has 0 saturated carbocycles. The normalized spacial score (nSPS) is 10.5. The third-order valence-corrected chi connectivity index (χ3v) is 3.74. The second-order valence-electron chi connectivity index (χ2n) is 5.64. The number of aromatic nitrogens is 4. The van der Waals surface area contributed by atoms with Gasteiger partial charge in [-0.2, -0.15) is 10.1 Å². The van der Waals surface area contributed by atoms with Crippen molar-refractivity contribution in [3.05, 3.63) is 70.2 Å². The monoisotopic (exact) mass is 354 g/mol. The molecule has 9 heteroatoms. The van der Waals surface area contributed by atoms with Gasteiger partial charge in [-0.05, 0) is 5.56 Å². The molecule has 134 valence electrons. The Balaban J connectivity index is 1.72. The Kier molecular flexibility index (Phi) is 5.07. The van der Waals surface area contributed by atoms with Crippen molar-refractivity contribution in [2.45, 2.75) is 13.1 Å². The van der Waals surface area contributed by atoms with Crippen LogP contribution in [-0.2, 0) is 13.1 Å². The quantitative estimate of drug-likeness (QED) is 0.693. The molecule has 0 unspecified atom stereocenters. The maximum atomic E-state index is 12.3. The largest absolute Gasteiger partial charge is 0.369 e. The van der Waals surface area contributed by atoms with Gasteiger partial charge < -0.3 is 14.7 Å². The van der Waals surface area contributed by atoms with Gasteiger partial charge in [0.2, 0.25) is 5.89 Å². The molecule has 0 fully saturated rings. The van der Waals surface area contributed by atoms with E-state index in [1.54, 1.807) is 6.20 Å². The molecule has 0 bridgehead atoms. The van der Waals surface area contributed by atoms with Gasteiger partial charge in [0.05, 0.1) is 11.9 Å². The molecule has 0 aliphatic heterocycles. The number of amides is 1. The number of rotatable bonds is 6. The summed E-state index contributed by atoms with van der Waals surface area (Å²) in [5, 5.41) is 10.1. The Labute approximate surface area is 149 Å². The summed E-state index contributed by atoms with van der Waals surface area (Å²) < 4.78 is 6.17. The number of hydrogen-bond donors (Lipinski definition) is 1. The minimum Gasteiger partial charge on any atom is -0.369 e. The lowest BCUT2D eigenvalue weighted by Gasteiger charge is -2.19. The van der Waals surface area contributed by atoms with Gasteiger partial charge in [-0.15, -0.1) is 0 Å². The van der Waals surface area contributed by atoms with Crippen LogP contribution in [-0.4, -0.2) is 39.9 Å². The molecular weight excluding hydrogens is 336 g/mol. The fourth-order valence-electron chi connectivity index (χ4n) is 2.35. The van der Waals surface area contributed by atoms with E-state index in [0.717, 1.165) is 5.56 Å². The number of anilines is 1.